The Morgan fingerprint density at radius 2 is 1.82 bits per heavy atom. The van der Waals surface area contributed by atoms with Gasteiger partial charge in [0.2, 0.25) is 5.91 Å². The molecule has 1 N–H and O–H groups in total. The summed E-state index contributed by atoms with van der Waals surface area (Å²) in [4.78, 5) is 38.8. The van der Waals surface area contributed by atoms with Gasteiger partial charge in [0.05, 0.1) is 11.4 Å². The van der Waals surface area contributed by atoms with Gasteiger partial charge in [-0.2, -0.15) is 5.11 Å². The number of benzene rings is 2. The minimum Gasteiger partial charge on any atom is -0.322 e. The maximum absolute atomic E-state index is 13.7. The van der Waals surface area contributed by atoms with Gasteiger partial charge in [-0.1, -0.05) is 35.1 Å². The van der Waals surface area contributed by atoms with E-state index in [2.05, 4.69) is 15.7 Å². The Labute approximate surface area is 159 Å². The van der Waals surface area contributed by atoms with Crippen LogP contribution in [0.3, 0.4) is 0 Å². The molecule has 3 amide bonds. The highest BCUT2D eigenvalue weighted by atomic mass is 19.1. The van der Waals surface area contributed by atoms with Gasteiger partial charge < -0.3 is 5.32 Å². The number of nitrogens with one attached hydrogen (secondary N) is 1. The first kappa shape index (κ1) is 17.8. The molecule has 2 aliphatic rings. The predicted molar refractivity (Wildman–Crippen MR) is 97.8 cm³/mol. The zero-order valence-corrected chi connectivity index (χ0v) is 14.9. The fourth-order valence-electron chi connectivity index (χ4n) is 3.20. The van der Waals surface area contributed by atoms with Gasteiger partial charge in [-0.15, -0.1) is 0 Å². The minimum absolute atomic E-state index is 0.0234. The van der Waals surface area contributed by atoms with Gasteiger partial charge in [0, 0.05) is 0 Å². The van der Waals surface area contributed by atoms with E-state index in [0.717, 1.165) is 15.5 Å². The molecule has 0 unspecified atom stereocenters. The molecule has 1 saturated heterocycles. The van der Waals surface area contributed by atoms with E-state index in [9.17, 15) is 18.8 Å². The molecule has 8 nitrogen and oxygen atoms in total. The lowest BCUT2D eigenvalue weighted by atomic mass is 10.1. The number of anilines is 2. The number of imide groups is 1. The Morgan fingerprint density at radius 1 is 1.11 bits per heavy atom. The largest absolute Gasteiger partial charge is 0.322 e. The lowest BCUT2D eigenvalue weighted by Gasteiger charge is -2.20. The van der Waals surface area contributed by atoms with Crippen molar-refractivity contribution in [3.05, 3.63) is 59.9 Å². The molecule has 142 valence electrons. The van der Waals surface area contributed by atoms with Gasteiger partial charge >= 0.3 is 0 Å². The molecule has 1 fully saturated rings. The van der Waals surface area contributed by atoms with Crippen LogP contribution in [0.4, 0.5) is 15.8 Å². The zero-order valence-electron chi connectivity index (χ0n) is 14.9. The Kier molecular flexibility index (Phi) is 4.34. The third-order valence-corrected chi connectivity index (χ3v) is 4.60. The molecule has 28 heavy (non-hydrogen) atoms. The summed E-state index contributed by atoms with van der Waals surface area (Å²) < 4.78 is 13.7. The number of nitrogens with zero attached hydrogens (tertiary/aromatic N) is 4. The molecule has 0 saturated carbocycles. The summed E-state index contributed by atoms with van der Waals surface area (Å²) in [7, 11) is 0. The van der Waals surface area contributed by atoms with E-state index < -0.39 is 35.6 Å². The Bertz CT molecular complexity index is 991. The number of hydrogen-bond donors (Lipinski definition) is 1. The van der Waals surface area contributed by atoms with Gasteiger partial charge in [0.1, 0.15) is 12.4 Å². The van der Waals surface area contributed by atoms with Crippen molar-refractivity contribution in [2.45, 2.75) is 19.0 Å². The molecule has 0 spiro atoms. The summed E-state index contributed by atoms with van der Waals surface area (Å²) in [6, 6.07) is 10.7. The topological polar surface area (TPSA) is 94.4 Å². The maximum atomic E-state index is 13.7. The van der Waals surface area contributed by atoms with Crippen LogP contribution in [0.25, 0.3) is 0 Å². The summed E-state index contributed by atoms with van der Waals surface area (Å²) in [5, 5.41) is 11.3. The maximum Gasteiger partial charge on any atom is 0.263 e. The van der Waals surface area contributed by atoms with Crippen LogP contribution in [-0.4, -0.2) is 41.4 Å². The van der Waals surface area contributed by atoms with E-state index in [1.165, 1.54) is 18.2 Å². The van der Waals surface area contributed by atoms with Gasteiger partial charge in [-0.25, -0.2) is 9.29 Å². The molecule has 2 atom stereocenters. The zero-order chi connectivity index (χ0) is 19.8. The molecular formula is C19H16FN5O3. The first-order valence-electron chi connectivity index (χ1n) is 8.62. The molecule has 2 heterocycles. The van der Waals surface area contributed by atoms with Crippen molar-refractivity contribution in [3.63, 3.8) is 0 Å². The second kappa shape index (κ2) is 6.84. The lowest BCUT2D eigenvalue weighted by molar-refractivity contribution is -0.123. The highest BCUT2D eigenvalue weighted by molar-refractivity contribution is 6.25. The van der Waals surface area contributed by atoms with Crippen LogP contribution < -0.4 is 10.2 Å². The number of para-hydroxylation sites is 1. The lowest BCUT2D eigenvalue weighted by Crippen LogP contribution is -2.43. The van der Waals surface area contributed by atoms with Crippen molar-refractivity contribution in [3.8, 4) is 0 Å². The highest BCUT2D eigenvalue weighted by Crippen LogP contribution is 2.31. The standard InChI is InChI=1S/C19H16FN5O3/c1-11-6-8-12(9-7-11)25-18(27)16-17(19(25)28)24(23-22-16)10-15(26)21-14-5-3-2-4-13(14)20/h2-9,16-17H,10H2,1H3,(H,21,26)/t16-,17+/m1/s1. The summed E-state index contributed by atoms with van der Waals surface area (Å²) in [6.45, 7) is 1.57. The predicted octanol–water partition coefficient (Wildman–Crippen LogP) is 2.07. The second-order valence-electron chi connectivity index (χ2n) is 6.57. The second-order valence-corrected chi connectivity index (χ2v) is 6.57. The Hall–Kier alpha value is -3.62. The third-order valence-electron chi connectivity index (χ3n) is 4.60. The van der Waals surface area contributed by atoms with Crippen LogP contribution in [0.2, 0.25) is 0 Å². The number of aryl methyl sites for hydroxylation is 1. The number of hydrogen-bond acceptors (Lipinski definition) is 6. The summed E-state index contributed by atoms with van der Waals surface area (Å²) >= 11 is 0. The molecule has 0 aromatic heterocycles. The molecule has 2 aromatic carbocycles. The third kappa shape index (κ3) is 3.00. The number of halogens is 1. The van der Waals surface area contributed by atoms with Gasteiger partial charge in [0.25, 0.3) is 11.8 Å². The van der Waals surface area contributed by atoms with E-state index in [-0.39, 0.29) is 12.2 Å². The van der Waals surface area contributed by atoms with Crippen LogP contribution >= 0.6 is 0 Å². The van der Waals surface area contributed by atoms with Crippen molar-refractivity contribution >= 4 is 29.1 Å². The molecule has 2 aromatic rings. The fraction of sp³-hybridized carbons (Fsp3) is 0.211. The quantitative estimate of drug-likeness (QED) is 0.821. The van der Waals surface area contributed by atoms with Crippen LogP contribution in [0.15, 0.2) is 58.9 Å². The number of rotatable bonds is 4. The summed E-state index contributed by atoms with van der Waals surface area (Å²) in [5.74, 6) is -2.13. The van der Waals surface area contributed by atoms with Crippen LogP contribution in [0.1, 0.15) is 5.56 Å². The highest BCUT2D eigenvalue weighted by Gasteiger charge is 2.55. The van der Waals surface area contributed by atoms with E-state index in [0.29, 0.717) is 5.69 Å². The minimum atomic E-state index is -0.991. The Morgan fingerprint density at radius 3 is 2.54 bits per heavy atom. The number of amides is 3. The van der Waals surface area contributed by atoms with Crippen LogP contribution in [0, 0.1) is 12.7 Å². The van der Waals surface area contributed by atoms with E-state index in [4.69, 9.17) is 0 Å². The van der Waals surface area contributed by atoms with Crippen LogP contribution in [0.5, 0.6) is 0 Å². The van der Waals surface area contributed by atoms with Crippen molar-refractivity contribution in [1.82, 2.24) is 5.01 Å². The van der Waals surface area contributed by atoms with E-state index in [1.54, 1.807) is 30.3 Å². The van der Waals surface area contributed by atoms with Crippen molar-refractivity contribution in [2.75, 3.05) is 16.8 Å². The molecule has 4 rings (SSSR count). The summed E-state index contributed by atoms with van der Waals surface area (Å²) in [6.07, 6.45) is 0. The molecule has 9 heteroatoms. The average Bonchev–Trinajstić information content (AvgIpc) is 3.18. The van der Waals surface area contributed by atoms with Crippen LogP contribution in [-0.2, 0) is 14.4 Å². The first-order chi connectivity index (χ1) is 13.5. The fourth-order valence-corrected chi connectivity index (χ4v) is 3.20. The number of carbonyl (C=O) groups excluding carboxylic acids is 3. The molecule has 0 aliphatic carbocycles. The van der Waals surface area contributed by atoms with E-state index >= 15 is 0 Å². The first-order valence-corrected chi connectivity index (χ1v) is 8.62. The van der Waals surface area contributed by atoms with Gasteiger partial charge in [-0.05, 0) is 31.2 Å². The smallest absolute Gasteiger partial charge is 0.263 e. The monoisotopic (exact) mass is 381 g/mol. The van der Waals surface area contributed by atoms with Gasteiger partial charge in [-0.3, -0.25) is 19.4 Å². The average molecular weight is 381 g/mol. The normalized spacial score (nSPS) is 20.6. The Balaban J connectivity index is 1.49. The van der Waals surface area contributed by atoms with Crippen molar-refractivity contribution in [2.24, 2.45) is 10.3 Å². The number of fused-ring (bicyclic) bond motifs is 1. The molecule has 0 bridgehead atoms. The molecule has 0 radical (unpaired) electrons. The van der Waals surface area contributed by atoms with Crippen molar-refractivity contribution < 1.29 is 18.8 Å². The number of carbonyl (C=O) groups is 3. The van der Waals surface area contributed by atoms with Crippen molar-refractivity contribution in [1.29, 1.82) is 0 Å². The molecular weight excluding hydrogens is 365 g/mol. The summed E-state index contributed by atoms with van der Waals surface area (Å²) in [5.41, 5.74) is 1.46. The van der Waals surface area contributed by atoms with Gasteiger partial charge in [0.15, 0.2) is 12.1 Å². The SMILES string of the molecule is Cc1ccc(N2C(=O)[C@@H]3[C@@H](N=NN3CC(=O)Nc3ccccc3F)C2=O)cc1. The molecule has 2 aliphatic heterocycles. The van der Waals surface area contributed by atoms with E-state index in [1.807, 2.05) is 6.92 Å².